The highest BCUT2D eigenvalue weighted by atomic mass is 16.5. The maximum Gasteiger partial charge on any atom is 0.265 e. The van der Waals surface area contributed by atoms with Crippen molar-refractivity contribution in [3.05, 3.63) is 54.1 Å². The number of rotatable bonds is 4. The van der Waals surface area contributed by atoms with Crippen LogP contribution in [0, 0.1) is 6.92 Å². The van der Waals surface area contributed by atoms with E-state index in [0.29, 0.717) is 11.4 Å². The minimum absolute atomic E-state index is 0.193. The van der Waals surface area contributed by atoms with Crippen molar-refractivity contribution in [2.75, 3.05) is 11.1 Å². The zero-order valence-corrected chi connectivity index (χ0v) is 11.6. The van der Waals surface area contributed by atoms with Crippen molar-refractivity contribution >= 4 is 17.3 Å². The largest absolute Gasteiger partial charge is 0.481 e. The number of nitrogens with two attached hydrogens (primary N) is 1. The number of amides is 1. The fraction of sp³-hybridized carbons (Fsp3) is 0.188. The molecule has 0 aliphatic carbocycles. The molecule has 3 N–H and O–H groups in total. The Morgan fingerprint density at radius 2 is 1.95 bits per heavy atom. The molecule has 2 aromatic rings. The number of ether oxygens (including phenoxy) is 1. The quantitative estimate of drug-likeness (QED) is 0.839. The molecule has 0 fully saturated rings. The first kappa shape index (κ1) is 13.9. The third-order valence-corrected chi connectivity index (χ3v) is 2.94. The van der Waals surface area contributed by atoms with Crippen LogP contribution in [0.25, 0.3) is 0 Å². The molecule has 20 heavy (non-hydrogen) atoms. The molecule has 0 saturated carbocycles. The summed E-state index contributed by atoms with van der Waals surface area (Å²) in [6.07, 6.45) is -0.601. The van der Waals surface area contributed by atoms with Crippen LogP contribution in [0.2, 0.25) is 0 Å². The number of carbonyl (C=O) groups is 1. The van der Waals surface area contributed by atoms with E-state index in [-0.39, 0.29) is 5.91 Å². The van der Waals surface area contributed by atoms with E-state index >= 15 is 0 Å². The van der Waals surface area contributed by atoms with Crippen LogP contribution in [0.4, 0.5) is 11.4 Å². The normalized spacial score (nSPS) is 11.7. The first-order valence-electron chi connectivity index (χ1n) is 6.45. The van der Waals surface area contributed by atoms with Gasteiger partial charge in [0.15, 0.2) is 6.10 Å². The standard InChI is InChI=1S/C16H18N2O2/c1-11-6-3-4-9-15(11)18-16(19)12(2)20-14-8-5-7-13(17)10-14/h3-10,12H,17H2,1-2H3,(H,18,19)/t12-/m0/s1. The second-order valence-electron chi connectivity index (χ2n) is 4.64. The van der Waals surface area contributed by atoms with Crippen LogP contribution in [-0.2, 0) is 4.79 Å². The summed E-state index contributed by atoms with van der Waals surface area (Å²) in [5.41, 5.74) is 8.08. The van der Waals surface area contributed by atoms with Crippen molar-refractivity contribution in [1.82, 2.24) is 0 Å². The van der Waals surface area contributed by atoms with Crippen molar-refractivity contribution in [1.29, 1.82) is 0 Å². The van der Waals surface area contributed by atoms with E-state index < -0.39 is 6.10 Å². The number of benzene rings is 2. The Hall–Kier alpha value is -2.49. The smallest absolute Gasteiger partial charge is 0.265 e. The van der Waals surface area contributed by atoms with Gasteiger partial charge in [0.25, 0.3) is 5.91 Å². The molecule has 2 aromatic carbocycles. The minimum Gasteiger partial charge on any atom is -0.481 e. The van der Waals surface area contributed by atoms with Crippen LogP contribution in [0.5, 0.6) is 5.75 Å². The molecule has 0 radical (unpaired) electrons. The average Bonchev–Trinajstić information content (AvgIpc) is 2.41. The molecule has 4 heteroatoms. The fourth-order valence-electron chi connectivity index (χ4n) is 1.79. The number of anilines is 2. The number of carbonyl (C=O) groups excluding carboxylic acids is 1. The molecule has 4 nitrogen and oxygen atoms in total. The highest BCUT2D eigenvalue weighted by Crippen LogP contribution is 2.17. The maximum atomic E-state index is 12.1. The van der Waals surface area contributed by atoms with E-state index in [9.17, 15) is 4.79 Å². The van der Waals surface area contributed by atoms with Crippen LogP contribution >= 0.6 is 0 Å². The highest BCUT2D eigenvalue weighted by molar-refractivity contribution is 5.94. The number of aryl methyl sites for hydroxylation is 1. The van der Waals surface area contributed by atoms with Crippen molar-refractivity contribution < 1.29 is 9.53 Å². The molecule has 2 rings (SSSR count). The van der Waals surface area contributed by atoms with Gasteiger partial charge in [0, 0.05) is 17.4 Å². The highest BCUT2D eigenvalue weighted by Gasteiger charge is 2.15. The molecule has 0 aliphatic rings. The molecular formula is C16H18N2O2. The number of nitrogen functional groups attached to an aromatic ring is 1. The van der Waals surface area contributed by atoms with E-state index in [4.69, 9.17) is 10.5 Å². The first-order chi connectivity index (χ1) is 9.56. The lowest BCUT2D eigenvalue weighted by atomic mass is 10.2. The third-order valence-electron chi connectivity index (χ3n) is 2.94. The van der Waals surface area contributed by atoms with Crippen LogP contribution in [0.3, 0.4) is 0 Å². The van der Waals surface area contributed by atoms with Gasteiger partial charge in [0.05, 0.1) is 0 Å². The van der Waals surface area contributed by atoms with E-state index in [0.717, 1.165) is 11.3 Å². The zero-order chi connectivity index (χ0) is 14.5. The predicted molar refractivity (Wildman–Crippen MR) is 80.8 cm³/mol. The fourth-order valence-corrected chi connectivity index (χ4v) is 1.79. The Morgan fingerprint density at radius 3 is 2.65 bits per heavy atom. The topological polar surface area (TPSA) is 64.3 Å². The lowest BCUT2D eigenvalue weighted by molar-refractivity contribution is -0.122. The summed E-state index contributed by atoms with van der Waals surface area (Å²) in [6, 6.07) is 14.6. The number of hydrogen-bond acceptors (Lipinski definition) is 3. The van der Waals surface area contributed by atoms with Gasteiger partial charge < -0.3 is 15.8 Å². The second-order valence-corrected chi connectivity index (χ2v) is 4.64. The lowest BCUT2D eigenvalue weighted by Crippen LogP contribution is -2.30. The average molecular weight is 270 g/mol. The summed E-state index contributed by atoms with van der Waals surface area (Å²) >= 11 is 0. The summed E-state index contributed by atoms with van der Waals surface area (Å²) in [4.78, 5) is 12.1. The van der Waals surface area contributed by atoms with Gasteiger partial charge in [-0.25, -0.2) is 0 Å². The van der Waals surface area contributed by atoms with Crippen LogP contribution in [-0.4, -0.2) is 12.0 Å². The Labute approximate surface area is 118 Å². The molecule has 0 unspecified atom stereocenters. The van der Waals surface area contributed by atoms with Gasteiger partial charge >= 0.3 is 0 Å². The molecular weight excluding hydrogens is 252 g/mol. The van der Waals surface area contributed by atoms with Gasteiger partial charge in [0.2, 0.25) is 0 Å². The van der Waals surface area contributed by atoms with Crippen LogP contribution < -0.4 is 15.8 Å². The van der Waals surface area contributed by atoms with Crippen molar-refractivity contribution in [2.45, 2.75) is 20.0 Å². The molecule has 0 aliphatic heterocycles. The van der Waals surface area contributed by atoms with Gasteiger partial charge in [-0.05, 0) is 37.6 Å². The monoisotopic (exact) mass is 270 g/mol. The van der Waals surface area contributed by atoms with E-state index in [1.54, 1.807) is 31.2 Å². The molecule has 1 amide bonds. The third kappa shape index (κ3) is 3.51. The first-order valence-corrected chi connectivity index (χ1v) is 6.45. The Bertz CT molecular complexity index is 611. The number of para-hydroxylation sites is 1. The molecule has 0 spiro atoms. The van der Waals surface area contributed by atoms with Gasteiger partial charge in [-0.3, -0.25) is 4.79 Å². The maximum absolute atomic E-state index is 12.1. The van der Waals surface area contributed by atoms with Gasteiger partial charge in [-0.15, -0.1) is 0 Å². The SMILES string of the molecule is Cc1ccccc1NC(=O)[C@H](C)Oc1cccc(N)c1. The number of nitrogens with one attached hydrogen (secondary N) is 1. The van der Waals surface area contributed by atoms with Crippen molar-refractivity contribution in [2.24, 2.45) is 0 Å². The van der Waals surface area contributed by atoms with Gasteiger partial charge in [-0.2, -0.15) is 0 Å². The zero-order valence-electron chi connectivity index (χ0n) is 11.6. The van der Waals surface area contributed by atoms with E-state index in [2.05, 4.69) is 5.32 Å². The lowest BCUT2D eigenvalue weighted by Gasteiger charge is -2.15. The minimum atomic E-state index is -0.601. The second kappa shape index (κ2) is 6.10. The van der Waals surface area contributed by atoms with Crippen LogP contribution in [0.1, 0.15) is 12.5 Å². The summed E-state index contributed by atoms with van der Waals surface area (Å²) < 4.78 is 5.58. The molecule has 1 atom stereocenters. The van der Waals surface area contributed by atoms with Gasteiger partial charge in [-0.1, -0.05) is 24.3 Å². The molecule has 104 valence electrons. The van der Waals surface area contributed by atoms with Crippen molar-refractivity contribution in [3.63, 3.8) is 0 Å². The van der Waals surface area contributed by atoms with E-state index in [1.165, 1.54) is 0 Å². The molecule has 0 aromatic heterocycles. The molecule has 0 bridgehead atoms. The number of hydrogen-bond donors (Lipinski definition) is 2. The van der Waals surface area contributed by atoms with E-state index in [1.807, 2.05) is 31.2 Å². The molecule has 0 heterocycles. The Balaban J connectivity index is 2.01. The van der Waals surface area contributed by atoms with Crippen molar-refractivity contribution in [3.8, 4) is 5.75 Å². The summed E-state index contributed by atoms with van der Waals surface area (Å²) in [6.45, 7) is 3.65. The summed E-state index contributed by atoms with van der Waals surface area (Å²) in [5.74, 6) is 0.388. The predicted octanol–water partition coefficient (Wildman–Crippen LogP) is 2.98. The van der Waals surface area contributed by atoms with Gasteiger partial charge in [0.1, 0.15) is 5.75 Å². The van der Waals surface area contributed by atoms with Crippen LogP contribution in [0.15, 0.2) is 48.5 Å². The Morgan fingerprint density at radius 1 is 1.20 bits per heavy atom. The Kier molecular flexibility index (Phi) is 4.25. The summed E-state index contributed by atoms with van der Waals surface area (Å²) in [5, 5.41) is 2.85. The molecule has 0 saturated heterocycles. The summed E-state index contributed by atoms with van der Waals surface area (Å²) in [7, 11) is 0.